The van der Waals surface area contributed by atoms with Crippen molar-refractivity contribution in [2.24, 2.45) is 5.92 Å². The lowest BCUT2D eigenvalue weighted by atomic mass is 9.84. The lowest BCUT2D eigenvalue weighted by Crippen LogP contribution is -2.39. The van der Waals surface area contributed by atoms with Gasteiger partial charge in [0.1, 0.15) is 0 Å². The summed E-state index contributed by atoms with van der Waals surface area (Å²) < 4.78 is 0. The topological polar surface area (TPSA) is 87.3 Å². The summed E-state index contributed by atoms with van der Waals surface area (Å²) in [7, 11) is 0. The number of H-pyrrole nitrogens is 1. The van der Waals surface area contributed by atoms with Crippen LogP contribution in [0.3, 0.4) is 0 Å². The maximum Gasteiger partial charge on any atom is 0.322 e. The minimum atomic E-state index is -0.283. The number of benzene rings is 1. The normalized spacial score (nSPS) is 19.3. The second-order valence-electron chi connectivity index (χ2n) is 8.38. The SMILES string of the molecule is CC(=O)ON1CCC(CNC(=O)c2n[nH]c3ccc(C4CCCCC4)cc23)CC1. The number of nitrogens with one attached hydrogen (secondary N) is 2. The molecule has 7 nitrogen and oxygen atoms in total. The van der Waals surface area contributed by atoms with Crippen molar-refractivity contribution in [3.05, 3.63) is 29.5 Å². The summed E-state index contributed by atoms with van der Waals surface area (Å²) >= 11 is 0. The van der Waals surface area contributed by atoms with E-state index in [9.17, 15) is 9.59 Å². The second-order valence-corrected chi connectivity index (χ2v) is 8.38. The van der Waals surface area contributed by atoms with Gasteiger partial charge in [-0.2, -0.15) is 5.10 Å². The molecule has 1 saturated carbocycles. The zero-order chi connectivity index (χ0) is 20.2. The van der Waals surface area contributed by atoms with Crippen LogP contribution in [0, 0.1) is 5.92 Å². The fourth-order valence-electron chi connectivity index (χ4n) is 4.60. The van der Waals surface area contributed by atoms with Gasteiger partial charge in [-0.25, -0.2) is 0 Å². The van der Waals surface area contributed by atoms with Crippen LogP contribution < -0.4 is 5.32 Å². The van der Waals surface area contributed by atoms with Crippen LogP contribution >= 0.6 is 0 Å². The van der Waals surface area contributed by atoms with Crippen LogP contribution in [-0.4, -0.2) is 46.8 Å². The van der Waals surface area contributed by atoms with Gasteiger partial charge in [-0.15, -0.1) is 5.06 Å². The van der Waals surface area contributed by atoms with Crippen LogP contribution in [0.25, 0.3) is 10.9 Å². The molecule has 1 saturated heterocycles. The molecule has 1 aliphatic carbocycles. The molecule has 2 aliphatic rings. The number of hydroxylamine groups is 2. The molecule has 2 fully saturated rings. The molecule has 0 radical (unpaired) electrons. The number of piperidine rings is 1. The third-order valence-electron chi connectivity index (χ3n) is 6.26. The Morgan fingerprint density at radius 1 is 1.17 bits per heavy atom. The molecule has 0 spiro atoms. The Morgan fingerprint density at radius 3 is 2.66 bits per heavy atom. The fourth-order valence-corrected chi connectivity index (χ4v) is 4.60. The summed E-state index contributed by atoms with van der Waals surface area (Å²) in [5.41, 5.74) is 2.71. The van der Waals surface area contributed by atoms with E-state index in [0.717, 1.165) is 23.7 Å². The van der Waals surface area contributed by atoms with E-state index in [1.54, 1.807) is 5.06 Å². The molecule has 0 atom stereocenters. The highest BCUT2D eigenvalue weighted by molar-refractivity contribution is 6.04. The largest absolute Gasteiger partial charge is 0.368 e. The number of carbonyl (C=O) groups excluding carboxylic acids is 2. The number of amides is 1. The predicted octanol–water partition coefficient (Wildman–Crippen LogP) is 3.53. The van der Waals surface area contributed by atoms with Crippen LogP contribution in [-0.2, 0) is 9.63 Å². The van der Waals surface area contributed by atoms with E-state index < -0.39 is 0 Å². The minimum Gasteiger partial charge on any atom is -0.368 e. The first-order valence-electron chi connectivity index (χ1n) is 10.8. The number of carbonyl (C=O) groups is 2. The van der Waals surface area contributed by atoms with Gasteiger partial charge in [0, 0.05) is 31.9 Å². The van der Waals surface area contributed by atoms with Crippen molar-refractivity contribution in [3.63, 3.8) is 0 Å². The predicted molar refractivity (Wildman–Crippen MR) is 110 cm³/mol. The van der Waals surface area contributed by atoms with E-state index >= 15 is 0 Å². The first-order chi connectivity index (χ1) is 14.1. The summed E-state index contributed by atoms with van der Waals surface area (Å²) in [6, 6.07) is 6.38. The molecule has 1 aromatic carbocycles. The molecule has 2 aromatic rings. The van der Waals surface area contributed by atoms with Crippen LogP contribution in [0.2, 0.25) is 0 Å². The van der Waals surface area contributed by atoms with Crippen molar-refractivity contribution in [2.75, 3.05) is 19.6 Å². The third kappa shape index (κ3) is 4.78. The lowest BCUT2D eigenvalue weighted by molar-refractivity contribution is -0.193. The smallest absolute Gasteiger partial charge is 0.322 e. The van der Waals surface area contributed by atoms with Gasteiger partial charge >= 0.3 is 5.97 Å². The zero-order valence-corrected chi connectivity index (χ0v) is 17.1. The zero-order valence-electron chi connectivity index (χ0n) is 17.1. The first kappa shape index (κ1) is 19.9. The van der Waals surface area contributed by atoms with Gasteiger partial charge in [-0.1, -0.05) is 25.3 Å². The van der Waals surface area contributed by atoms with Crippen molar-refractivity contribution < 1.29 is 14.4 Å². The van der Waals surface area contributed by atoms with Gasteiger partial charge in [0.2, 0.25) is 0 Å². The molecule has 156 valence electrons. The molecule has 29 heavy (non-hydrogen) atoms. The molecule has 0 bridgehead atoms. The molecule has 2 N–H and O–H groups in total. The van der Waals surface area contributed by atoms with E-state index in [1.165, 1.54) is 44.6 Å². The summed E-state index contributed by atoms with van der Waals surface area (Å²) in [5.74, 6) is 0.573. The van der Waals surface area contributed by atoms with E-state index in [4.69, 9.17) is 4.84 Å². The minimum absolute atomic E-state index is 0.126. The molecular formula is C22H30N4O3. The Kier molecular flexibility index (Phi) is 6.13. The Labute approximate surface area is 171 Å². The highest BCUT2D eigenvalue weighted by Gasteiger charge is 2.23. The highest BCUT2D eigenvalue weighted by atomic mass is 16.7. The number of aromatic amines is 1. The van der Waals surface area contributed by atoms with Gasteiger partial charge in [0.25, 0.3) is 5.91 Å². The van der Waals surface area contributed by atoms with Crippen LogP contribution in [0.1, 0.15) is 73.8 Å². The quantitative estimate of drug-likeness (QED) is 0.804. The molecule has 0 unspecified atom stereocenters. The van der Waals surface area contributed by atoms with E-state index in [-0.39, 0.29) is 11.9 Å². The standard InChI is InChI=1S/C22H30N4O3/c1-15(27)29-26-11-9-16(10-12-26)14-23-22(28)21-19-13-18(7-8-20(19)24-25-21)17-5-3-2-4-6-17/h7-8,13,16-17H,2-6,9-12,14H2,1H3,(H,23,28)(H,24,25). The Morgan fingerprint density at radius 2 is 1.93 bits per heavy atom. The third-order valence-corrected chi connectivity index (χ3v) is 6.26. The average molecular weight is 399 g/mol. The van der Waals surface area contributed by atoms with Crippen LogP contribution in [0.15, 0.2) is 18.2 Å². The lowest BCUT2D eigenvalue weighted by Gasteiger charge is -2.30. The van der Waals surface area contributed by atoms with Gasteiger partial charge in [0.05, 0.1) is 5.52 Å². The van der Waals surface area contributed by atoms with Crippen molar-refractivity contribution in [1.29, 1.82) is 0 Å². The van der Waals surface area contributed by atoms with E-state index in [1.807, 2.05) is 6.07 Å². The number of nitrogens with zero attached hydrogens (tertiary/aromatic N) is 2. The van der Waals surface area contributed by atoms with Crippen molar-refractivity contribution in [3.8, 4) is 0 Å². The Hall–Kier alpha value is -2.41. The van der Waals surface area contributed by atoms with Gasteiger partial charge < -0.3 is 10.2 Å². The fraction of sp³-hybridized carbons (Fsp3) is 0.591. The molecule has 1 aliphatic heterocycles. The first-order valence-corrected chi connectivity index (χ1v) is 10.8. The number of hydrogen-bond donors (Lipinski definition) is 2. The maximum absolute atomic E-state index is 12.8. The molecular weight excluding hydrogens is 368 g/mol. The molecule has 1 amide bonds. The Bertz CT molecular complexity index is 864. The summed E-state index contributed by atoms with van der Waals surface area (Å²) in [5, 5.41) is 13.0. The van der Waals surface area contributed by atoms with Gasteiger partial charge in [0.15, 0.2) is 5.69 Å². The Balaban J connectivity index is 1.36. The summed E-state index contributed by atoms with van der Waals surface area (Å²) in [4.78, 5) is 29.0. The average Bonchev–Trinajstić information content (AvgIpc) is 3.16. The number of rotatable bonds is 5. The summed E-state index contributed by atoms with van der Waals surface area (Å²) in [6.07, 6.45) is 8.16. The number of fused-ring (bicyclic) bond motifs is 1. The second kappa shape index (κ2) is 8.95. The van der Waals surface area contributed by atoms with Crippen molar-refractivity contribution in [1.82, 2.24) is 20.6 Å². The van der Waals surface area contributed by atoms with Crippen LogP contribution in [0.5, 0.6) is 0 Å². The molecule has 7 heteroatoms. The molecule has 1 aromatic heterocycles. The highest BCUT2D eigenvalue weighted by Crippen LogP contribution is 2.34. The van der Waals surface area contributed by atoms with Crippen molar-refractivity contribution in [2.45, 2.75) is 57.8 Å². The van der Waals surface area contributed by atoms with Crippen molar-refractivity contribution >= 4 is 22.8 Å². The maximum atomic E-state index is 12.8. The number of aromatic nitrogens is 2. The van der Waals surface area contributed by atoms with Gasteiger partial charge in [-0.3, -0.25) is 14.7 Å². The molecule has 4 rings (SSSR count). The van der Waals surface area contributed by atoms with E-state index in [0.29, 0.717) is 37.2 Å². The van der Waals surface area contributed by atoms with E-state index in [2.05, 4.69) is 27.6 Å². The monoisotopic (exact) mass is 398 g/mol. The molecule has 2 heterocycles. The van der Waals surface area contributed by atoms with Gasteiger partial charge in [-0.05, 0) is 55.2 Å². The number of hydrogen-bond acceptors (Lipinski definition) is 5. The van der Waals surface area contributed by atoms with Crippen LogP contribution in [0.4, 0.5) is 0 Å². The summed E-state index contributed by atoms with van der Waals surface area (Å²) in [6.45, 7) is 3.44.